The second-order valence-corrected chi connectivity index (χ2v) is 8.21. The maximum Gasteiger partial charge on any atom is 0.328 e. The van der Waals surface area contributed by atoms with Crippen molar-refractivity contribution in [2.45, 2.75) is 60.3 Å². The Morgan fingerprint density at radius 3 is 2.38 bits per heavy atom. The highest BCUT2D eigenvalue weighted by Gasteiger charge is 2.32. The fraction of sp³-hybridized carbons (Fsp3) is 0.400. The van der Waals surface area contributed by atoms with Crippen molar-refractivity contribution in [3.8, 4) is 0 Å². The van der Waals surface area contributed by atoms with Crippen molar-refractivity contribution in [1.82, 2.24) is 0 Å². The number of hydrogen-bond donors (Lipinski definition) is 1. The lowest BCUT2D eigenvalue weighted by atomic mass is 9.73. The molecule has 29 heavy (non-hydrogen) atoms. The number of Topliss-reactive ketones (excluding diaryl/α,β-unsaturated/α-hetero) is 2. The number of ketones is 2. The second-order valence-electron chi connectivity index (χ2n) is 8.21. The summed E-state index contributed by atoms with van der Waals surface area (Å²) in [6.45, 7) is 11.3. The summed E-state index contributed by atoms with van der Waals surface area (Å²) in [6, 6.07) is 2.14. The van der Waals surface area contributed by atoms with E-state index in [0.29, 0.717) is 6.42 Å². The number of hydrogen-bond acceptors (Lipinski definition) is 3. The van der Waals surface area contributed by atoms with Gasteiger partial charge in [-0.3, -0.25) is 9.59 Å². The van der Waals surface area contributed by atoms with E-state index in [-0.39, 0.29) is 23.4 Å². The molecule has 0 saturated carbocycles. The lowest BCUT2D eigenvalue weighted by Gasteiger charge is -2.30. The Morgan fingerprint density at radius 1 is 1.14 bits per heavy atom. The Hall–Kier alpha value is -2.75. The molecule has 2 unspecified atom stereocenters. The minimum atomic E-state index is -0.989. The van der Waals surface area contributed by atoms with Gasteiger partial charge >= 0.3 is 5.97 Å². The first-order chi connectivity index (χ1) is 13.5. The van der Waals surface area contributed by atoms with Gasteiger partial charge in [-0.25, -0.2) is 4.79 Å². The molecule has 1 aromatic carbocycles. The predicted molar refractivity (Wildman–Crippen MR) is 116 cm³/mol. The van der Waals surface area contributed by atoms with E-state index in [2.05, 4.69) is 6.07 Å². The van der Waals surface area contributed by atoms with E-state index in [0.717, 1.165) is 45.9 Å². The van der Waals surface area contributed by atoms with Crippen molar-refractivity contribution in [3.63, 3.8) is 0 Å². The summed E-state index contributed by atoms with van der Waals surface area (Å²) < 4.78 is 0. The zero-order valence-corrected chi connectivity index (χ0v) is 18.1. The summed E-state index contributed by atoms with van der Waals surface area (Å²) in [7, 11) is 0. The lowest BCUT2D eigenvalue weighted by molar-refractivity contribution is -0.131. The number of aryl methyl sites for hydroxylation is 1. The van der Waals surface area contributed by atoms with E-state index in [1.54, 1.807) is 13.0 Å². The van der Waals surface area contributed by atoms with Crippen LogP contribution in [-0.2, 0) is 27.2 Å². The Labute approximate surface area is 173 Å². The fourth-order valence-electron chi connectivity index (χ4n) is 4.18. The fourth-order valence-corrected chi connectivity index (χ4v) is 4.18. The van der Waals surface area contributed by atoms with Crippen molar-refractivity contribution in [1.29, 1.82) is 0 Å². The third-order valence-corrected chi connectivity index (χ3v) is 5.44. The molecule has 0 spiro atoms. The molecular formula is C25H30O4. The van der Waals surface area contributed by atoms with Crippen LogP contribution in [0.4, 0.5) is 0 Å². The zero-order valence-electron chi connectivity index (χ0n) is 18.1. The smallest absolute Gasteiger partial charge is 0.328 e. The normalized spacial score (nSPS) is 20.1. The van der Waals surface area contributed by atoms with Gasteiger partial charge in [0, 0.05) is 24.3 Å². The minimum absolute atomic E-state index is 0.00298. The Morgan fingerprint density at radius 2 is 1.79 bits per heavy atom. The average molecular weight is 395 g/mol. The van der Waals surface area contributed by atoms with Gasteiger partial charge in [-0.15, -0.1) is 0 Å². The molecule has 0 heterocycles. The molecule has 154 valence electrons. The number of carbonyl (C=O) groups is 3. The third kappa shape index (κ3) is 5.41. The summed E-state index contributed by atoms with van der Waals surface area (Å²) in [5, 5.41) is 8.80. The molecule has 4 heteroatoms. The van der Waals surface area contributed by atoms with Crippen molar-refractivity contribution in [3.05, 3.63) is 63.3 Å². The third-order valence-electron chi connectivity index (χ3n) is 5.44. The van der Waals surface area contributed by atoms with Gasteiger partial charge < -0.3 is 5.11 Å². The van der Waals surface area contributed by atoms with Crippen LogP contribution in [0.15, 0.2) is 35.4 Å². The highest BCUT2D eigenvalue weighted by atomic mass is 16.4. The van der Waals surface area contributed by atoms with Gasteiger partial charge in [-0.1, -0.05) is 49.3 Å². The first-order valence-electron chi connectivity index (χ1n) is 9.97. The van der Waals surface area contributed by atoms with Crippen molar-refractivity contribution in [2.24, 2.45) is 5.92 Å². The minimum Gasteiger partial charge on any atom is -0.478 e. The van der Waals surface area contributed by atoms with Gasteiger partial charge in [0.2, 0.25) is 0 Å². The van der Waals surface area contributed by atoms with Crippen molar-refractivity contribution < 1.29 is 19.5 Å². The number of carbonyl (C=O) groups excluding carboxylic acids is 2. The number of carboxylic acid groups (broad SMARTS) is 1. The van der Waals surface area contributed by atoms with E-state index in [1.807, 2.05) is 46.8 Å². The number of allylic oxidation sites excluding steroid dienone is 4. The van der Waals surface area contributed by atoms with Gasteiger partial charge in [0.1, 0.15) is 11.6 Å². The molecule has 0 saturated heterocycles. The Bertz CT molecular complexity index is 944. The van der Waals surface area contributed by atoms with E-state index in [1.165, 1.54) is 5.56 Å². The first kappa shape index (κ1) is 22.5. The van der Waals surface area contributed by atoms with Crippen LogP contribution in [0.3, 0.4) is 0 Å². The molecule has 0 aromatic heterocycles. The summed E-state index contributed by atoms with van der Waals surface area (Å²) in [5.74, 6) is -0.886. The van der Waals surface area contributed by atoms with Crippen molar-refractivity contribution >= 4 is 23.6 Å². The molecule has 1 aromatic rings. The van der Waals surface area contributed by atoms with Gasteiger partial charge in [-0.2, -0.15) is 0 Å². The van der Waals surface area contributed by atoms with Gasteiger partial charge in [-0.05, 0) is 61.9 Å². The van der Waals surface area contributed by atoms with Crippen LogP contribution in [0.1, 0.15) is 68.4 Å². The molecule has 1 aliphatic rings. The first-order valence-corrected chi connectivity index (χ1v) is 9.97. The van der Waals surface area contributed by atoms with Crippen LogP contribution in [0.2, 0.25) is 0 Å². The SMILES string of the molecule is CC(=O)Cc1c(C)cc2c(c1C=C(C)C=C(C)C=CC(=O)O)C(C)C(=O)C(C)C2. The van der Waals surface area contributed by atoms with Crippen LogP contribution in [0.25, 0.3) is 6.08 Å². The molecule has 2 atom stereocenters. The summed E-state index contributed by atoms with van der Waals surface area (Å²) in [4.78, 5) is 35.4. The van der Waals surface area contributed by atoms with E-state index >= 15 is 0 Å². The number of carboxylic acids is 1. The van der Waals surface area contributed by atoms with Crippen LogP contribution in [0.5, 0.6) is 0 Å². The molecular weight excluding hydrogens is 364 g/mol. The molecule has 1 aliphatic carbocycles. The number of benzene rings is 1. The van der Waals surface area contributed by atoms with Crippen molar-refractivity contribution in [2.75, 3.05) is 0 Å². The highest BCUT2D eigenvalue weighted by molar-refractivity contribution is 5.92. The van der Waals surface area contributed by atoms with Gasteiger partial charge in [0.05, 0.1) is 0 Å². The van der Waals surface area contributed by atoms with Crippen LogP contribution >= 0.6 is 0 Å². The topological polar surface area (TPSA) is 71.4 Å². The molecule has 4 nitrogen and oxygen atoms in total. The van der Waals surface area contributed by atoms with E-state index < -0.39 is 5.97 Å². The van der Waals surface area contributed by atoms with Crippen LogP contribution in [0, 0.1) is 12.8 Å². The van der Waals surface area contributed by atoms with Crippen LogP contribution in [-0.4, -0.2) is 22.6 Å². The molecule has 0 radical (unpaired) electrons. The van der Waals surface area contributed by atoms with Crippen LogP contribution < -0.4 is 0 Å². The molecule has 0 aliphatic heterocycles. The molecule has 0 fully saturated rings. The number of rotatable bonds is 6. The maximum absolute atomic E-state index is 12.7. The molecule has 0 amide bonds. The monoisotopic (exact) mass is 394 g/mol. The van der Waals surface area contributed by atoms with Gasteiger partial charge in [0.15, 0.2) is 0 Å². The summed E-state index contributed by atoms with van der Waals surface area (Å²) in [5.41, 5.74) is 6.96. The standard InChI is InChI=1S/C25H30O4/c1-14(7-8-23(27)28)9-15(2)10-22-21(13-18(5)26)16(3)11-20-12-17(4)25(29)19(6)24(20)22/h7-11,17,19H,12-13H2,1-6H3,(H,27,28). The molecule has 0 bridgehead atoms. The number of aliphatic carboxylic acids is 1. The van der Waals surface area contributed by atoms with Gasteiger partial charge in [0.25, 0.3) is 0 Å². The molecule has 2 rings (SSSR count). The largest absolute Gasteiger partial charge is 0.478 e. The summed E-state index contributed by atoms with van der Waals surface area (Å²) >= 11 is 0. The van der Waals surface area contributed by atoms with E-state index in [4.69, 9.17) is 5.11 Å². The predicted octanol–water partition coefficient (Wildman–Crippen LogP) is 4.98. The average Bonchev–Trinajstić information content (AvgIpc) is 2.60. The Kier molecular flexibility index (Phi) is 7.12. The second kappa shape index (κ2) is 9.17. The highest BCUT2D eigenvalue weighted by Crippen LogP contribution is 2.38. The van der Waals surface area contributed by atoms with E-state index in [9.17, 15) is 14.4 Å². The molecule has 1 N–H and O–H groups in total. The number of fused-ring (bicyclic) bond motifs is 1. The summed E-state index contributed by atoms with van der Waals surface area (Å²) in [6.07, 6.45) is 7.64. The maximum atomic E-state index is 12.7. The quantitative estimate of drug-likeness (QED) is 0.545. The Balaban J connectivity index is 2.67. The zero-order chi connectivity index (χ0) is 21.9. The lowest BCUT2D eigenvalue weighted by Crippen LogP contribution is -2.28.